The Labute approximate surface area is 117 Å². The SMILES string of the molecule is Cc1c(-n2cc(C(N)=O)cn2)cc(C(=O)O)cc1[N+](=O)[O-]. The minimum absolute atomic E-state index is 0.109. The number of aromatic nitrogens is 2. The molecule has 108 valence electrons. The Bertz CT molecular complexity index is 765. The number of carbonyl (C=O) groups excluding carboxylic acids is 1. The number of nitro groups is 1. The van der Waals surface area contributed by atoms with Gasteiger partial charge in [-0.1, -0.05) is 0 Å². The lowest BCUT2D eigenvalue weighted by atomic mass is 10.1. The summed E-state index contributed by atoms with van der Waals surface area (Å²) in [6.45, 7) is 1.46. The molecule has 3 N–H and O–H groups in total. The number of aromatic carboxylic acids is 1. The van der Waals surface area contributed by atoms with E-state index in [1.54, 1.807) is 0 Å². The van der Waals surface area contributed by atoms with Crippen LogP contribution in [0.4, 0.5) is 5.69 Å². The van der Waals surface area contributed by atoms with Crippen molar-refractivity contribution >= 4 is 17.6 Å². The highest BCUT2D eigenvalue weighted by Crippen LogP contribution is 2.26. The van der Waals surface area contributed by atoms with Gasteiger partial charge in [-0.05, 0) is 13.0 Å². The number of carboxylic acid groups (broad SMARTS) is 1. The quantitative estimate of drug-likeness (QED) is 0.632. The molecule has 21 heavy (non-hydrogen) atoms. The number of benzene rings is 1. The molecular formula is C12H10N4O5. The standard InChI is InChI=1S/C12H10N4O5/c1-6-9(15-5-8(4-14-15)11(13)17)2-7(12(18)19)3-10(6)16(20)21/h2-5H,1H3,(H2,13,17)(H,18,19). The molecule has 2 aromatic rings. The molecule has 0 aliphatic carbocycles. The van der Waals surface area contributed by atoms with Gasteiger partial charge in [0.25, 0.3) is 11.6 Å². The van der Waals surface area contributed by atoms with E-state index in [9.17, 15) is 19.7 Å². The molecule has 9 nitrogen and oxygen atoms in total. The topological polar surface area (TPSA) is 141 Å². The van der Waals surface area contributed by atoms with Crippen LogP contribution >= 0.6 is 0 Å². The predicted molar refractivity (Wildman–Crippen MR) is 70.4 cm³/mol. The number of rotatable bonds is 4. The molecule has 2 rings (SSSR count). The van der Waals surface area contributed by atoms with Crippen LogP contribution in [0.15, 0.2) is 24.5 Å². The molecule has 1 amide bonds. The fourth-order valence-electron chi connectivity index (χ4n) is 1.82. The van der Waals surface area contributed by atoms with E-state index in [0.717, 1.165) is 6.07 Å². The predicted octanol–water partition coefficient (Wildman–Crippen LogP) is 0.886. The van der Waals surface area contributed by atoms with E-state index in [-0.39, 0.29) is 28.1 Å². The third-order valence-electron chi connectivity index (χ3n) is 2.91. The number of nitro benzene ring substituents is 1. The molecule has 9 heteroatoms. The number of hydrogen-bond donors (Lipinski definition) is 2. The van der Waals surface area contributed by atoms with Crippen LogP contribution in [-0.4, -0.2) is 31.7 Å². The second kappa shape index (κ2) is 5.04. The van der Waals surface area contributed by atoms with Crippen molar-refractivity contribution in [1.29, 1.82) is 0 Å². The van der Waals surface area contributed by atoms with Gasteiger partial charge in [-0.25, -0.2) is 9.48 Å². The number of hydrogen-bond acceptors (Lipinski definition) is 5. The van der Waals surface area contributed by atoms with Gasteiger partial charge in [0.05, 0.1) is 33.5 Å². The second-order valence-corrected chi connectivity index (χ2v) is 4.24. The molecule has 0 spiro atoms. The maximum atomic E-state index is 11.1. The van der Waals surface area contributed by atoms with Gasteiger partial charge in [-0.2, -0.15) is 5.10 Å². The average Bonchev–Trinajstić information content (AvgIpc) is 2.87. The van der Waals surface area contributed by atoms with Gasteiger partial charge in [0, 0.05) is 12.3 Å². The summed E-state index contributed by atoms with van der Waals surface area (Å²) in [4.78, 5) is 32.4. The molecule has 0 fully saturated rings. The number of carbonyl (C=O) groups is 2. The monoisotopic (exact) mass is 290 g/mol. The third kappa shape index (κ3) is 2.56. The molecule has 1 heterocycles. The minimum Gasteiger partial charge on any atom is -0.478 e. The summed E-state index contributed by atoms with van der Waals surface area (Å²) in [5.74, 6) is -2.01. The summed E-state index contributed by atoms with van der Waals surface area (Å²) >= 11 is 0. The van der Waals surface area contributed by atoms with E-state index in [4.69, 9.17) is 10.8 Å². The molecule has 0 bridgehead atoms. The Morgan fingerprint density at radius 1 is 1.38 bits per heavy atom. The van der Waals surface area contributed by atoms with Crippen LogP contribution in [0.2, 0.25) is 0 Å². The van der Waals surface area contributed by atoms with Crippen LogP contribution in [0.3, 0.4) is 0 Å². The number of primary amides is 1. The van der Waals surface area contributed by atoms with Gasteiger partial charge in [-0.3, -0.25) is 14.9 Å². The summed E-state index contributed by atoms with van der Waals surface area (Å²) in [5, 5.41) is 23.9. The fourth-order valence-corrected chi connectivity index (χ4v) is 1.82. The lowest BCUT2D eigenvalue weighted by Crippen LogP contribution is -2.10. The zero-order chi connectivity index (χ0) is 15.7. The smallest absolute Gasteiger partial charge is 0.336 e. The number of amides is 1. The number of carboxylic acids is 1. The largest absolute Gasteiger partial charge is 0.478 e. The molecule has 1 aromatic heterocycles. The highest BCUT2D eigenvalue weighted by Gasteiger charge is 2.20. The van der Waals surface area contributed by atoms with E-state index in [1.807, 2.05) is 0 Å². The normalized spacial score (nSPS) is 10.3. The zero-order valence-corrected chi connectivity index (χ0v) is 10.8. The Morgan fingerprint density at radius 3 is 2.52 bits per heavy atom. The molecule has 0 aliphatic rings. The van der Waals surface area contributed by atoms with Crippen LogP contribution in [0.5, 0.6) is 0 Å². The first kappa shape index (κ1) is 14.2. The van der Waals surface area contributed by atoms with Gasteiger partial charge >= 0.3 is 5.97 Å². The molecule has 0 saturated heterocycles. The Balaban J connectivity index is 2.68. The van der Waals surface area contributed by atoms with Gasteiger partial charge in [0.1, 0.15) is 0 Å². The minimum atomic E-state index is -1.30. The van der Waals surface area contributed by atoms with E-state index in [0.29, 0.717) is 0 Å². The van der Waals surface area contributed by atoms with Crippen molar-refractivity contribution in [2.24, 2.45) is 5.73 Å². The Morgan fingerprint density at radius 2 is 2.05 bits per heavy atom. The lowest BCUT2D eigenvalue weighted by molar-refractivity contribution is -0.385. The lowest BCUT2D eigenvalue weighted by Gasteiger charge is -2.08. The van der Waals surface area contributed by atoms with Gasteiger partial charge in [-0.15, -0.1) is 0 Å². The highest BCUT2D eigenvalue weighted by molar-refractivity contribution is 5.92. The Hall–Kier alpha value is -3.23. The van der Waals surface area contributed by atoms with Gasteiger partial charge in [0.2, 0.25) is 0 Å². The molecule has 0 saturated carbocycles. The maximum Gasteiger partial charge on any atom is 0.336 e. The van der Waals surface area contributed by atoms with Crippen molar-refractivity contribution in [3.8, 4) is 5.69 Å². The van der Waals surface area contributed by atoms with E-state index in [2.05, 4.69) is 5.10 Å². The van der Waals surface area contributed by atoms with Crippen LogP contribution < -0.4 is 5.73 Å². The van der Waals surface area contributed by atoms with Crippen molar-refractivity contribution in [2.75, 3.05) is 0 Å². The average molecular weight is 290 g/mol. The van der Waals surface area contributed by atoms with Crippen LogP contribution in [-0.2, 0) is 0 Å². The van der Waals surface area contributed by atoms with Crippen LogP contribution in [0.25, 0.3) is 5.69 Å². The van der Waals surface area contributed by atoms with Gasteiger partial charge in [0.15, 0.2) is 0 Å². The highest BCUT2D eigenvalue weighted by atomic mass is 16.6. The zero-order valence-electron chi connectivity index (χ0n) is 10.8. The van der Waals surface area contributed by atoms with Crippen molar-refractivity contribution < 1.29 is 19.6 Å². The first-order valence-corrected chi connectivity index (χ1v) is 5.68. The van der Waals surface area contributed by atoms with E-state index < -0.39 is 16.8 Å². The molecular weight excluding hydrogens is 280 g/mol. The number of nitrogens with two attached hydrogens (primary N) is 1. The summed E-state index contributed by atoms with van der Waals surface area (Å²) in [6.07, 6.45) is 2.47. The summed E-state index contributed by atoms with van der Waals surface area (Å²) in [5.41, 5.74) is 5.03. The van der Waals surface area contributed by atoms with E-state index in [1.165, 1.54) is 30.1 Å². The fraction of sp³-hybridized carbons (Fsp3) is 0.0833. The summed E-state index contributed by atoms with van der Waals surface area (Å²) in [6, 6.07) is 2.21. The summed E-state index contributed by atoms with van der Waals surface area (Å²) < 4.78 is 1.18. The van der Waals surface area contributed by atoms with Gasteiger partial charge < -0.3 is 10.8 Å². The summed E-state index contributed by atoms with van der Waals surface area (Å²) in [7, 11) is 0. The first-order chi connectivity index (χ1) is 9.81. The molecule has 1 aromatic carbocycles. The molecule has 0 aliphatic heterocycles. The van der Waals surface area contributed by atoms with Crippen molar-refractivity contribution in [1.82, 2.24) is 9.78 Å². The number of nitrogens with zero attached hydrogens (tertiary/aromatic N) is 3. The van der Waals surface area contributed by atoms with Crippen LogP contribution in [0, 0.1) is 17.0 Å². The Kier molecular flexibility index (Phi) is 3.40. The maximum absolute atomic E-state index is 11.1. The van der Waals surface area contributed by atoms with Crippen molar-refractivity contribution in [2.45, 2.75) is 6.92 Å². The molecule has 0 unspecified atom stereocenters. The third-order valence-corrected chi connectivity index (χ3v) is 2.91. The first-order valence-electron chi connectivity index (χ1n) is 5.68. The second-order valence-electron chi connectivity index (χ2n) is 4.24. The van der Waals surface area contributed by atoms with Crippen molar-refractivity contribution in [3.05, 3.63) is 51.3 Å². The van der Waals surface area contributed by atoms with Crippen molar-refractivity contribution in [3.63, 3.8) is 0 Å². The molecule has 0 radical (unpaired) electrons. The van der Waals surface area contributed by atoms with E-state index >= 15 is 0 Å². The van der Waals surface area contributed by atoms with Crippen LogP contribution in [0.1, 0.15) is 26.3 Å². The molecule has 0 atom stereocenters.